The summed E-state index contributed by atoms with van der Waals surface area (Å²) in [5.74, 6) is 0.435. The number of nitrogens with zero attached hydrogens (tertiary/aromatic N) is 1. The largest absolute Gasteiger partial charge is 0.469 e. The summed E-state index contributed by atoms with van der Waals surface area (Å²) in [4.78, 5) is 15.5. The summed E-state index contributed by atoms with van der Waals surface area (Å²) >= 11 is 0. The van der Waals surface area contributed by atoms with E-state index < -0.39 is 0 Å². The van der Waals surface area contributed by atoms with Gasteiger partial charge in [0.25, 0.3) is 0 Å². The van der Waals surface area contributed by atoms with Gasteiger partial charge in [-0.3, -0.25) is 9.79 Å². The standard InChI is InChI=1S/C14H22N4O2/c1-15-12(9-13(19)20-4)10-6-5-7-11(8-10)18-14(16-2)17-3/h5-8,12,15H,9H2,1-4H3,(H2,16,17,18). The van der Waals surface area contributed by atoms with Gasteiger partial charge < -0.3 is 20.7 Å². The minimum atomic E-state index is -0.242. The number of methoxy groups -OCH3 is 1. The van der Waals surface area contributed by atoms with E-state index in [1.54, 1.807) is 14.1 Å². The van der Waals surface area contributed by atoms with Gasteiger partial charge >= 0.3 is 5.97 Å². The molecule has 0 aromatic heterocycles. The zero-order valence-electron chi connectivity index (χ0n) is 12.4. The van der Waals surface area contributed by atoms with Crippen molar-refractivity contribution in [3.05, 3.63) is 29.8 Å². The van der Waals surface area contributed by atoms with Crippen LogP contribution < -0.4 is 16.0 Å². The van der Waals surface area contributed by atoms with E-state index in [0.29, 0.717) is 5.96 Å². The Bertz CT molecular complexity index is 474. The maximum absolute atomic E-state index is 11.4. The minimum Gasteiger partial charge on any atom is -0.469 e. The second-order valence-electron chi connectivity index (χ2n) is 4.19. The van der Waals surface area contributed by atoms with Crippen LogP contribution in [0.15, 0.2) is 29.3 Å². The lowest BCUT2D eigenvalue weighted by Crippen LogP contribution is -2.27. The summed E-state index contributed by atoms with van der Waals surface area (Å²) in [5, 5.41) is 9.23. The van der Waals surface area contributed by atoms with E-state index in [2.05, 4.69) is 20.9 Å². The first-order chi connectivity index (χ1) is 9.64. The van der Waals surface area contributed by atoms with Gasteiger partial charge in [-0.2, -0.15) is 0 Å². The number of carbonyl (C=O) groups is 1. The number of esters is 1. The van der Waals surface area contributed by atoms with Crippen LogP contribution in [0.5, 0.6) is 0 Å². The number of hydrogen-bond donors (Lipinski definition) is 3. The smallest absolute Gasteiger partial charge is 0.307 e. The van der Waals surface area contributed by atoms with Gasteiger partial charge in [-0.1, -0.05) is 12.1 Å². The Hall–Kier alpha value is -2.08. The van der Waals surface area contributed by atoms with E-state index in [-0.39, 0.29) is 18.4 Å². The van der Waals surface area contributed by atoms with E-state index in [4.69, 9.17) is 4.74 Å². The van der Waals surface area contributed by atoms with Crippen molar-refractivity contribution in [3.63, 3.8) is 0 Å². The third kappa shape index (κ3) is 4.55. The van der Waals surface area contributed by atoms with Crippen molar-refractivity contribution in [3.8, 4) is 0 Å². The third-order valence-electron chi connectivity index (χ3n) is 2.96. The molecule has 0 aliphatic rings. The fraction of sp³-hybridized carbons (Fsp3) is 0.429. The predicted molar refractivity (Wildman–Crippen MR) is 80.9 cm³/mol. The van der Waals surface area contributed by atoms with Crippen molar-refractivity contribution in [1.82, 2.24) is 10.6 Å². The number of benzene rings is 1. The molecule has 1 unspecified atom stereocenters. The molecular formula is C14H22N4O2. The monoisotopic (exact) mass is 278 g/mol. The van der Waals surface area contributed by atoms with Crippen molar-refractivity contribution in [2.45, 2.75) is 12.5 Å². The van der Waals surface area contributed by atoms with Crippen LogP contribution in [0.1, 0.15) is 18.0 Å². The second-order valence-corrected chi connectivity index (χ2v) is 4.19. The van der Waals surface area contributed by atoms with Crippen LogP contribution in [0.2, 0.25) is 0 Å². The molecule has 1 rings (SSSR count). The number of hydrogen-bond acceptors (Lipinski definition) is 4. The Morgan fingerprint density at radius 2 is 2.15 bits per heavy atom. The van der Waals surface area contributed by atoms with E-state index in [0.717, 1.165) is 11.3 Å². The normalized spacial score (nSPS) is 12.7. The summed E-state index contributed by atoms with van der Waals surface area (Å²) in [6.07, 6.45) is 0.289. The molecule has 0 aliphatic heterocycles. The lowest BCUT2D eigenvalue weighted by Gasteiger charge is -2.17. The Balaban J connectivity index is 2.87. The topological polar surface area (TPSA) is 74.8 Å². The third-order valence-corrected chi connectivity index (χ3v) is 2.96. The zero-order valence-corrected chi connectivity index (χ0v) is 12.4. The average Bonchev–Trinajstić information content (AvgIpc) is 2.50. The van der Waals surface area contributed by atoms with Gasteiger partial charge in [-0.05, 0) is 24.7 Å². The number of rotatable bonds is 5. The van der Waals surface area contributed by atoms with Gasteiger partial charge in [-0.15, -0.1) is 0 Å². The van der Waals surface area contributed by atoms with Gasteiger partial charge in [0.2, 0.25) is 0 Å². The molecule has 0 bridgehead atoms. The first-order valence-corrected chi connectivity index (χ1v) is 6.40. The van der Waals surface area contributed by atoms with Crippen LogP contribution in [-0.4, -0.2) is 40.2 Å². The van der Waals surface area contributed by atoms with Crippen LogP contribution >= 0.6 is 0 Å². The average molecular weight is 278 g/mol. The fourth-order valence-corrected chi connectivity index (χ4v) is 1.84. The second kappa shape index (κ2) is 8.16. The molecule has 3 N–H and O–H groups in total. The summed E-state index contributed by atoms with van der Waals surface area (Å²) in [6.45, 7) is 0. The lowest BCUT2D eigenvalue weighted by atomic mass is 10.0. The SMILES string of the molecule is CN=C(NC)Nc1cccc(C(CC(=O)OC)NC)c1. The number of aliphatic imine (C=N–C) groups is 1. The number of ether oxygens (including phenoxy) is 1. The highest BCUT2D eigenvalue weighted by molar-refractivity contribution is 5.93. The molecule has 1 aromatic rings. The molecule has 20 heavy (non-hydrogen) atoms. The maximum Gasteiger partial charge on any atom is 0.307 e. The highest BCUT2D eigenvalue weighted by Crippen LogP contribution is 2.20. The molecule has 0 fully saturated rings. The van der Waals surface area contributed by atoms with Crippen LogP contribution in [0, 0.1) is 0 Å². The van der Waals surface area contributed by atoms with Crippen molar-refractivity contribution in [1.29, 1.82) is 0 Å². The number of guanidine groups is 1. The van der Waals surface area contributed by atoms with Crippen molar-refractivity contribution >= 4 is 17.6 Å². The number of nitrogens with one attached hydrogen (secondary N) is 3. The molecule has 0 aliphatic carbocycles. The first-order valence-electron chi connectivity index (χ1n) is 6.40. The molecule has 0 spiro atoms. The molecule has 0 amide bonds. The number of carbonyl (C=O) groups excluding carboxylic acids is 1. The summed E-state index contributed by atoms with van der Waals surface area (Å²) in [6, 6.07) is 7.74. The van der Waals surface area contributed by atoms with Crippen LogP contribution in [0.4, 0.5) is 5.69 Å². The van der Waals surface area contributed by atoms with E-state index in [9.17, 15) is 4.79 Å². The molecule has 6 nitrogen and oxygen atoms in total. The summed E-state index contributed by atoms with van der Waals surface area (Å²) < 4.78 is 4.71. The van der Waals surface area contributed by atoms with Gasteiger partial charge in [0.15, 0.2) is 5.96 Å². The zero-order chi connectivity index (χ0) is 15.0. The first kappa shape index (κ1) is 16.0. The molecule has 0 heterocycles. The number of anilines is 1. The fourth-order valence-electron chi connectivity index (χ4n) is 1.84. The van der Waals surface area contributed by atoms with Crippen molar-refractivity contribution < 1.29 is 9.53 Å². The van der Waals surface area contributed by atoms with Gasteiger partial charge in [-0.25, -0.2) is 0 Å². The molecule has 110 valence electrons. The molecule has 0 saturated carbocycles. The van der Waals surface area contributed by atoms with Crippen LogP contribution in [0.3, 0.4) is 0 Å². The Morgan fingerprint density at radius 3 is 2.70 bits per heavy atom. The highest BCUT2D eigenvalue weighted by atomic mass is 16.5. The van der Waals surface area contributed by atoms with E-state index in [1.807, 2.05) is 31.3 Å². The quantitative estimate of drug-likeness (QED) is 0.428. The van der Waals surface area contributed by atoms with Crippen LogP contribution in [-0.2, 0) is 9.53 Å². The van der Waals surface area contributed by atoms with E-state index >= 15 is 0 Å². The molecule has 0 saturated heterocycles. The molecular weight excluding hydrogens is 256 g/mol. The predicted octanol–water partition coefficient (Wildman–Crippen LogP) is 1.13. The molecule has 6 heteroatoms. The lowest BCUT2D eigenvalue weighted by molar-refractivity contribution is -0.141. The molecule has 1 aromatic carbocycles. The minimum absolute atomic E-state index is 0.0826. The Morgan fingerprint density at radius 1 is 1.40 bits per heavy atom. The van der Waals surface area contributed by atoms with Crippen molar-refractivity contribution in [2.75, 3.05) is 33.6 Å². The van der Waals surface area contributed by atoms with Gasteiger partial charge in [0, 0.05) is 25.8 Å². The molecule has 1 atom stereocenters. The summed E-state index contributed by atoms with van der Waals surface area (Å²) in [5.41, 5.74) is 1.91. The Labute approximate surface area is 119 Å². The highest BCUT2D eigenvalue weighted by Gasteiger charge is 2.14. The summed E-state index contributed by atoms with van der Waals surface area (Å²) in [7, 11) is 6.72. The van der Waals surface area contributed by atoms with E-state index in [1.165, 1.54) is 7.11 Å². The molecule has 0 radical (unpaired) electrons. The Kier molecular flexibility index (Phi) is 6.52. The van der Waals surface area contributed by atoms with Gasteiger partial charge in [0.05, 0.1) is 13.5 Å². The van der Waals surface area contributed by atoms with Crippen LogP contribution in [0.25, 0.3) is 0 Å². The maximum atomic E-state index is 11.4. The van der Waals surface area contributed by atoms with Gasteiger partial charge in [0.1, 0.15) is 0 Å². The van der Waals surface area contributed by atoms with Crippen molar-refractivity contribution in [2.24, 2.45) is 4.99 Å².